The Balaban J connectivity index is 1.93. The highest BCUT2D eigenvalue weighted by Gasteiger charge is 2.14. The highest BCUT2D eigenvalue weighted by molar-refractivity contribution is 6.03. The molecule has 142 valence electrons. The van der Waals surface area contributed by atoms with Gasteiger partial charge in [0.1, 0.15) is 0 Å². The standard InChI is InChI=1S/C22H22N4O2/c1-16(17(2)23-25(15-27)19-10-6-4-7-11-19)14-21-18(3)24-26(22(21)28)20-12-8-5-9-13-20/h4-15,28H,1-3H3/b16-14+,23-17-. The van der Waals surface area contributed by atoms with E-state index in [9.17, 15) is 9.90 Å². The summed E-state index contributed by atoms with van der Waals surface area (Å²) < 4.78 is 1.50. The third-order valence-corrected chi connectivity index (χ3v) is 4.39. The maximum absolute atomic E-state index is 11.4. The van der Waals surface area contributed by atoms with Crippen molar-refractivity contribution < 1.29 is 9.90 Å². The van der Waals surface area contributed by atoms with E-state index in [1.807, 2.05) is 87.5 Å². The van der Waals surface area contributed by atoms with E-state index < -0.39 is 0 Å². The minimum atomic E-state index is 0.0613. The lowest BCUT2D eigenvalue weighted by atomic mass is 10.1. The van der Waals surface area contributed by atoms with Gasteiger partial charge in [0.15, 0.2) is 0 Å². The van der Waals surface area contributed by atoms with Crippen LogP contribution in [0.2, 0.25) is 0 Å². The number of amides is 1. The average molecular weight is 374 g/mol. The number of nitrogens with zero attached hydrogens (tertiary/aromatic N) is 4. The minimum Gasteiger partial charge on any atom is -0.493 e. The van der Waals surface area contributed by atoms with Gasteiger partial charge >= 0.3 is 0 Å². The first-order valence-corrected chi connectivity index (χ1v) is 8.88. The van der Waals surface area contributed by atoms with Crippen molar-refractivity contribution in [2.45, 2.75) is 20.8 Å². The van der Waals surface area contributed by atoms with Crippen LogP contribution in [0.15, 0.2) is 71.3 Å². The fraction of sp³-hybridized carbons (Fsp3) is 0.136. The molecule has 2 aromatic carbocycles. The molecule has 1 heterocycles. The zero-order chi connectivity index (χ0) is 20.1. The first-order valence-electron chi connectivity index (χ1n) is 8.88. The SMILES string of the molecule is CC(=N/N(C=O)c1ccccc1)/C(C)=C/c1c(C)nn(-c2ccccc2)c1O. The summed E-state index contributed by atoms with van der Waals surface area (Å²) >= 11 is 0. The molecule has 3 rings (SSSR count). The number of hydrogen-bond donors (Lipinski definition) is 1. The molecule has 6 heteroatoms. The van der Waals surface area contributed by atoms with Crippen LogP contribution in [-0.2, 0) is 4.79 Å². The number of aromatic hydroxyl groups is 1. The smallest absolute Gasteiger partial charge is 0.234 e. The predicted molar refractivity (Wildman–Crippen MR) is 112 cm³/mol. The van der Waals surface area contributed by atoms with Crippen molar-refractivity contribution in [3.8, 4) is 11.6 Å². The van der Waals surface area contributed by atoms with Crippen LogP contribution in [0.1, 0.15) is 25.1 Å². The van der Waals surface area contributed by atoms with E-state index in [0.29, 0.717) is 29.1 Å². The summed E-state index contributed by atoms with van der Waals surface area (Å²) in [6, 6.07) is 18.6. The lowest BCUT2D eigenvalue weighted by Gasteiger charge is -2.12. The zero-order valence-corrected chi connectivity index (χ0v) is 16.1. The van der Waals surface area contributed by atoms with Crippen LogP contribution in [0.25, 0.3) is 11.8 Å². The van der Waals surface area contributed by atoms with Crippen LogP contribution in [0.5, 0.6) is 5.88 Å². The van der Waals surface area contributed by atoms with E-state index in [4.69, 9.17) is 0 Å². The lowest BCUT2D eigenvalue weighted by Crippen LogP contribution is -2.16. The molecule has 0 unspecified atom stereocenters. The number of para-hydroxylation sites is 2. The van der Waals surface area contributed by atoms with E-state index in [-0.39, 0.29) is 5.88 Å². The maximum atomic E-state index is 11.4. The summed E-state index contributed by atoms with van der Waals surface area (Å²) in [5.74, 6) is 0.0613. The molecule has 1 aromatic heterocycles. The Morgan fingerprint density at radius 1 is 1.07 bits per heavy atom. The molecule has 1 N–H and O–H groups in total. The van der Waals surface area contributed by atoms with Gasteiger partial charge in [-0.25, -0.2) is 9.69 Å². The van der Waals surface area contributed by atoms with E-state index in [2.05, 4.69) is 10.2 Å². The molecule has 0 fully saturated rings. The second-order valence-corrected chi connectivity index (χ2v) is 6.37. The number of benzene rings is 2. The quantitative estimate of drug-likeness (QED) is 0.397. The van der Waals surface area contributed by atoms with Gasteiger partial charge in [-0.3, -0.25) is 4.79 Å². The van der Waals surface area contributed by atoms with Gasteiger partial charge in [-0.1, -0.05) is 36.4 Å². The van der Waals surface area contributed by atoms with E-state index in [1.54, 1.807) is 0 Å². The summed E-state index contributed by atoms with van der Waals surface area (Å²) in [5, 5.41) is 20.8. The number of aryl methyl sites for hydroxylation is 1. The van der Waals surface area contributed by atoms with Crippen LogP contribution in [-0.4, -0.2) is 27.0 Å². The van der Waals surface area contributed by atoms with Crippen molar-refractivity contribution in [2.24, 2.45) is 5.10 Å². The van der Waals surface area contributed by atoms with E-state index in [1.165, 1.54) is 9.69 Å². The van der Waals surface area contributed by atoms with Gasteiger partial charge in [0.2, 0.25) is 12.3 Å². The van der Waals surface area contributed by atoms with Crippen molar-refractivity contribution in [1.29, 1.82) is 0 Å². The largest absolute Gasteiger partial charge is 0.493 e. The van der Waals surface area contributed by atoms with Gasteiger partial charge in [-0.05, 0) is 56.7 Å². The van der Waals surface area contributed by atoms with Crippen molar-refractivity contribution in [1.82, 2.24) is 9.78 Å². The van der Waals surface area contributed by atoms with Crippen LogP contribution in [0.4, 0.5) is 5.69 Å². The topological polar surface area (TPSA) is 70.7 Å². The van der Waals surface area contributed by atoms with Crippen molar-refractivity contribution in [2.75, 3.05) is 5.01 Å². The Kier molecular flexibility index (Phi) is 5.69. The molecular formula is C22H22N4O2. The van der Waals surface area contributed by atoms with Gasteiger partial charge in [0, 0.05) is 0 Å². The number of anilines is 1. The first kappa shape index (κ1) is 19.1. The Morgan fingerprint density at radius 2 is 1.68 bits per heavy atom. The highest BCUT2D eigenvalue weighted by atomic mass is 16.3. The molecule has 0 saturated carbocycles. The monoisotopic (exact) mass is 374 g/mol. The second-order valence-electron chi connectivity index (χ2n) is 6.37. The number of allylic oxidation sites excluding steroid dienone is 1. The van der Waals surface area contributed by atoms with Gasteiger partial charge < -0.3 is 5.11 Å². The Morgan fingerprint density at radius 3 is 2.29 bits per heavy atom. The molecule has 6 nitrogen and oxygen atoms in total. The highest BCUT2D eigenvalue weighted by Crippen LogP contribution is 2.27. The van der Waals surface area contributed by atoms with Crippen LogP contribution >= 0.6 is 0 Å². The van der Waals surface area contributed by atoms with E-state index in [0.717, 1.165) is 11.3 Å². The molecule has 0 spiro atoms. The molecule has 0 saturated heterocycles. The van der Waals surface area contributed by atoms with Gasteiger partial charge in [-0.2, -0.15) is 10.2 Å². The number of carbonyl (C=O) groups excluding carboxylic acids is 1. The number of carbonyl (C=O) groups is 1. The molecule has 28 heavy (non-hydrogen) atoms. The third-order valence-electron chi connectivity index (χ3n) is 4.39. The number of rotatable bonds is 6. The van der Waals surface area contributed by atoms with Crippen LogP contribution < -0.4 is 5.01 Å². The zero-order valence-electron chi connectivity index (χ0n) is 16.1. The normalized spacial score (nSPS) is 12.1. The lowest BCUT2D eigenvalue weighted by molar-refractivity contribution is -0.107. The van der Waals surface area contributed by atoms with Gasteiger partial charge in [0.25, 0.3) is 0 Å². The maximum Gasteiger partial charge on any atom is 0.234 e. The summed E-state index contributed by atoms with van der Waals surface area (Å²) in [6.07, 6.45) is 2.49. The number of hydrazone groups is 1. The molecule has 0 atom stereocenters. The molecular weight excluding hydrogens is 352 g/mol. The summed E-state index contributed by atoms with van der Waals surface area (Å²) in [4.78, 5) is 11.4. The summed E-state index contributed by atoms with van der Waals surface area (Å²) in [7, 11) is 0. The van der Waals surface area contributed by atoms with Gasteiger partial charge in [0.05, 0.1) is 28.3 Å². The molecule has 0 aliphatic rings. The molecule has 1 amide bonds. The first-order chi connectivity index (χ1) is 13.5. The Bertz CT molecular complexity index is 1020. The molecule has 0 radical (unpaired) electrons. The molecule has 0 bridgehead atoms. The molecule has 3 aromatic rings. The molecule has 0 aliphatic carbocycles. The molecule has 0 aliphatic heterocycles. The minimum absolute atomic E-state index is 0.0613. The Labute approximate surface area is 164 Å². The second kappa shape index (κ2) is 8.35. The fourth-order valence-electron chi connectivity index (χ4n) is 2.73. The predicted octanol–water partition coefficient (Wildman–Crippen LogP) is 4.33. The summed E-state index contributed by atoms with van der Waals surface area (Å²) in [5.41, 5.74) is 4.25. The fourth-order valence-corrected chi connectivity index (χ4v) is 2.73. The number of hydrogen-bond acceptors (Lipinski definition) is 4. The van der Waals surface area contributed by atoms with Crippen molar-refractivity contribution in [3.05, 3.63) is 77.5 Å². The Hall–Kier alpha value is -3.67. The van der Waals surface area contributed by atoms with Crippen molar-refractivity contribution >= 4 is 23.9 Å². The van der Waals surface area contributed by atoms with Crippen LogP contribution in [0, 0.1) is 6.92 Å². The van der Waals surface area contributed by atoms with E-state index >= 15 is 0 Å². The number of aromatic nitrogens is 2. The van der Waals surface area contributed by atoms with Gasteiger partial charge in [-0.15, -0.1) is 0 Å². The third kappa shape index (κ3) is 4.01. The summed E-state index contributed by atoms with van der Waals surface area (Å²) in [6.45, 7) is 5.54. The van der Waals surface area contributed by atoms with Crippen LogP contribution in [0.3, 0.4) is 0 Å². The average Bonchev–Trinajstić information content (AvgIpc) is 3.01. The van der Waals surface area contributed by atoms with Crippen molar-refractivity contribution in [3.63, 3.8) is 0 Å².